The fraction of sp³-hybridized carbons (Fsp3) is 0.941. The van der Waals surface area contributed by atoms with E-state index in [-0.39, 0.29) is 23.6 Å². The van der Waals surface area contributed by atoms with Gasteiger partial charge in [0.2, 0.25) is 0 Å². The monoisotopic (exact) mass is 302 g/mol. The number of hydrogen-bond donors (Lipinski definition) is 0. The minimum atomic E-state index is -0.511. The number of rotatable bonds is 9. The molecule has 0 saturated heterocycles. The van der Waals surface area contributed by atoms with Gasteiger partial charge >= 0.3 is 5.97 Å². The van der Waals surface area contributed by atoms with Crippen LogP contribution in [0.5, 0.6) is 0 Å². The van der Waals surface area contributed by atoms with Crippen molar-refractivity contribution in [1.82, 2.24) is 0 Å². The van der Waals surface area contributed by atoms with Crippen molar-refractivity contribution in [2.24, 2.45) is 0 Å². The maximum atomic E-state index is 11.6. The average Bonchev–Trinajstić information content (AvgIpc) is 2.21. The van der Waals surface area contributed by atoms with Crippen LogP contribution in [0.1, 0.15) is 74.7 Å². The molecule has 4 heteroatoms. The Kier molecular flexibility index (Phi) is 7.90. The molecule has 0 unspecified atom stereocenters. The van der Waals surface area contributed by atoms with Crippen LogP contribution in [0, 0.1) is 0 Å². The zero-order valence-corrected chi connectivity index (χ0v) is 15.2. The summed E-state index contributed by atoms with van der Waals surface area (Å²) in [6, 6.07) is 0. The lowest BCUT2D eigenvalue weighted by Crippen LogP contribution is -2.37. The van der Waals surface area contributed by atoms with Crippen LogP contribution in [-0.4, -0.2) is 36.0 Å². The molecule has 0 aliphatic heterocycles. The second-order valence-corrected chi connectivity index (χ2v) is 7.73. The van der Waals surface area contributed by atoms with Gasteiger partial charge in [-0.05, 0) is 61.3 Å². The molecule has 0 N–H and O–H groups in total. The van der Waals surface area contributed by atoms with E-state index in [9.17, 15) is 4.79 Å². The summed E-state index contributed by atoms with van der Waals surface area (Å²) in [6.45, 7) is 17.1. The topological polar surface area (TPSA) is 44.8 Å². The molecule has 0 heterocycles. The van der Waals surface area contributed by atoms with Crippen LogP contribution < -0.4 is 0 Å². The highest BCUT2D eigenvalue weighted by atomic mass is 16.5. The first-order chi connectivity index (χ1) is 9.37. The van der Waals surface area contributed by atoms with E-state index in [2.05, 4.69) is 13.8 Å². The molecule has 0 amide bonds. The van der Waals surface area contributed by atoms with Gasteiger partial charge in [-0.2, -0.15) is 0 Å². The van der Waals surface area contributed by atoms with Crippen molar-refractivity contribution < 1.29 is 19.0 Å². The van der Waals surface area contributed by atoms with Gasteiger partial charge in [-0.1, -0.05) is 6.92 Å². The van der Waals surface area contributed by atoms with Crippen LogP contribution in [0.4, 0.5) is 0 Å². The largest absolute Gasteiger partial charge is 0.466 e. The lowest BCUT2D eigenvalue weighted by Gasteiger charge is -2.35. The fourth-order valence-electron chi connectivity index (χ4n) is 2.12. The summed E-state index contributed by atoms with van der Waals surface area (Å²) in [4.78, 5) is 11.6. The van der Waals surface area contributed by atoms with Gasteiger partial charge in [0.25, 0.3) is 0 Å². The van der Waals surface area contributed by atoms with E-state index < -0.39 is 5.60 Å². The molecular formula is C17H34O4. The fourth-order valence-corrected chi connectivity index (χ4v) is 2.12. The van der Waals surface area contributed by atoms with Crippen LogP contribution in [0.25, 0.3) is 0 Å². The quantitative estimate of drug-likeness (QED) is 0.601. The Morgan fingerprint density at radius 1 is 0.905 bits per heavy atom. The second-order valence-electron chi connectivity index (χ2n) is 7.73. The Balaban J connectivity index is 4.16. The smallest absolute Gasteiger partial charge is 0.308 e. The van der Waals surface area contributed by atoms with Gasteiger partial charge in [0.1, 0.15) is 0 Å². The standard InChI is InChI=1S/C17H34O4/c1-9-11-19-14(18)13-17(7,8)20-12-10-16(5,6)21-15(2,3)4/h9-13H2,1-8H3. The summed E-state index contributed by atoms with van der Waals surface area (Å²) in [5.74, 6) is -0.202. The molecule has 0 rings (SSSR count). The Labute approximate surface area is 130 Å². The number of carbonyl (C=O) groups is 1. The van der Waals surface area contributed by atoms with Crippen LogP contribution in [0.15, 0.2) is 0 Å². The van der Waals surface area contributed by atoms with Crippen molar-refractivity contribution in [3.63, 3.8) is 0 Å². The molecule has 0 saturated carbocycles. The maximum absolute atomic E-state index is 11.6. The number of esters is 1. The predicted octanol–water partition coefficient (Wildman–Crippen LogP) is 4.11. The number of hydrogen-bond acceptors (Lipinski definition) is 4. The van der Waals surface area contributed by atoms with Gasteiger partial charge in [0.15, 0.2) is 0 Å². The van der Waals surface area contributed by atoms with Gasteiger partial charge in [0.05, 0.1) is 36.4 Å². The van der Waals surface area contributed by atoms with Gasteiger partial charge in [0, 0.05) is 0 Å². The Hall–Kier alpha value is -0.610. The summed E-state index contributed by atoms with van der Waals surface area (Å²) in [7, 11) is 0. The van der Waals surface area contributed by atoms with E-state index in [4.69, 9.17) is 14.2 Å². The maximum Gasteiger partial charge on any atom is 0.308 e. The summed E-state index contributed by atoms with van der Waals surface area (Å²) in [5, 5.41) is 0. The molecule has 0 fully saturated rings. The van der Waals surface area contributed by atoms with E-state index >= 15 is 0 Å². The highest BCUT2D eigenvalue weighted by Gasteiger charge is 2.28. The summed E-state index contributed by atoms with van der Waals surface area (Å²) < 4.78 is 16.9. The van der Waals surface area contributed by atoms with Crippen molar-refractivity contribution in [3.05, 3.63) is 0 Å². The van der Waals surface area contributed by atoms with Gasteiger partial charge in [-0.3, -0.25) is 4.79 Å². The van der Waals surface area contributed by atoms with E-state index in [1.165, 1.54) is 0 Å². The van der Waals surface area contributed by atoms with Crippen LogP contribution in [-0.2, 0) is 19.0 Å². The molecule has 0 aromatic carbocycles. The zero-order chi connectivity index (χ0) is 16.7. The zero-order valence-electron chi connectivity index (χ0n) is 15.2. The molecule has 0 bridgehead atoms. The molecule has 0 aromatic heterocycles. The number of carbonyl (C=O) groups excluding carboxylic acids is 1. The van der Waals surface area contributed by atoms with Crippen molar-refractivity contribution in [1.29, 1.82) is 0 Å². The molecule has 0 radical (unpaired) electrons. The van der Waals surface area contributed by atoms with Crippen LogP contribution >= 0.6 is 0 Å². The molecule has 0 atom stereocenters. The molecule has 0 spiro atoms. The van der Waals surface area contributed by atoms with Crippen molar-refractivity contribution in [2.75, 3.05) is 13.2 Å². The van der Waals surface area contributed by atoms with Crippen molar-refractivity contribution >= 4 is 5.97 Å². The lowest BCUT2D eigenvalue weighted by molar-refractivity contribution is -0.153. The molecule has 4 nitrogen and oxygen atoms in total. The highest BCUT2D eigenvalue weighted by molar-refractivity contribution is 5.70. The van der Waals surface area contributed by atoms with E-state index in [1.54, 1.807) is 0 Å². The Bertz CT molecular complexity index is 313. The summed E-state index contributed by atoms with van der Waals surface area (Å²) in [5.41, 5.74) is -0.942. The van der Waals surface area contributed by atoms with Crippen LogP contribution in [0.2, 0.25) is 0 Å². The minimum Gasteiger partial charge on any atom is -0.466 e. The molecular weight excluding hydrogens is 268 g/mol. The average molecular weight is 302 g/mol. The molecule has 126 valence electrons. The SMILES string of the molecule is CCCOC(=O)CC(C)(C)OCCC(C)(C)OC(C)(C)C. The van der Waals surface area contributed by atoms with Crippen molar-refractivity contribution in [3.8, 4) is 0 Å². The third-order valence-electron chi connectivity index (χ3n) is 2.82. The Morgan fingerprint density at radius 3 is 1.95 bits per heavy atom. The van der Waals surface area contributed by atoms with Gasteiger partial charge < -0.3 is 14.2 Å². The number of ether oxygens (including phenoxy) is 3. The molecule has 21 heavy (non-hydrogen) atoms. The first-order valence-electron chi connectivity index (χ1n) is 7.87. The van der Waals surface area contributed by atoms with Gasteiger partial charge in [-0.25, -0.2) is 0 Å². The summed E-state index contributed by atoms with van der Waals surface area (Å²) >= 11 is 0. The van der Waals surface area contributed by atoms with E-state index in [0.717, 1.165) is 12.8 Å². The molecule has 0 aliphatic carbocycles. The third-order valence-corrected chi connectivity index (χ3v) is 2.82. The third kappa shape index (κ3) is 11.7. The molecule has 0 aromatic rings. The normalized spacial score (nSPS) is 13.3. The Morgan fingerprint density at radius 2 is 1.48 bits per heavy atom. The second kappa shape index (κ2) is 8.14. The van der Waals surface area contributed by atoms with E-state index in [1.807, 2.05) is 41.5 Å². The predicted molar refractivity (Wildman–Crippen MR) is 85.4 cm³/mol. The molecule has 0 aliphatic rings. The van der Waals surface area contributed by atoms with Gasteiger partial charge in [-0.15, -0.1) is 0 Å². The highest BCUT2D eigenvalue weighted by Crippen LogP contribution is 2.24. The summed E-state index contributed by atoms with van der Waals surface area (Å²) in [6.07, 6.45) is 1.89. The lowest BCUT2D eigenvalue weighted by atomic mass is 10.0. The first kappa shape index (κ1) is 20.4. The van der Waals surface area contributed by atoms with Crippen LogP contribution in [0.3, 0.4) is 0 Å². The first-order valence-corrected chi connectivity index (χ1v) is 7.87. The minimum absolute atomic E-state index is 0.178. The van der Waals surface area contributed by atoms with Crippen molar-refractivity contribution in [2.45, 2.75) is 91.5 Å². The van der Waals surface area contributed by atoms with E-state index in [0.29, 0.717) is 13.2 Å².